The Hall–Kier alpha value is -1.74. The highest BCUT2D eigenvalue weighted by molar-refractivity contribution is 8.07. The number of rotatable bonds is 2. The molecular weight excluding hydrogens is 302 g/mol. The van der Waals surface area contributed by atoms with Crippen LogP contribution in [-0.4, -0.2) is 0 Å². The number of hydrogen-bond donors (Lipinski definition) is 0. The average Bonchev–Trinajstić information content (AvgIpc) is 2.60. The quantitative estimate of drug-likeness (QED) is 0.413. The van der Waals surface area contributed by atoms with Gasteiger partial charge < -0.3 is 0 Å². The topological polar surface area (TPSA) is 0 Å². The van der Waals surface area contributed by atoms with Gasteiger partial charge in [0.15, 0.2) is 0 Å². The van der Waals surface area contributed by atoms with E-state index in [1.54, 1.807) is 0 Å². The molecule has 106 valence electrons. The summed E-state index contributed by atoms with van der Waals surface area (Å²) in [7, 11) is 3.60. The van der Waals surface area contributed by atoms with Crippen LogP contribution in [0.4, 0.5) is 0 Å². The van der Waals surface area contributed by atoms with Gasteiger partial charge in [-0.25, -0.2) is 0 Å². The summed E-state index contributed by atoms with van der Waals surface area (Å²) in [4.78, 5) is 0. The van der Waals surface area contributed by atoms with E-state index in [1.807, 2.05) is 0 Å². The Morgan fingerprint density at radius 3 is 2.00 bits per heavy atom. The molecule has 4 aromatic carbocycles. The van der Waals surface area contributed by atoms with Gasteiger partial charge in [-0.3, -0.25) is 0 Å². The molecule has 0 nitrogen and oxygen atoms in total. The second kappa shape index (κ2) is 5.81. The van der Waals surface area contributed by atoms with Crippen molar-refractivity contribution in [3.8, 4) is 11.1 Å². The van der Waals surface area contributed by atoms with Crippen LogP contribution in [0, 0.1) is 0 Å². The summed E-state index contributed by atoms with van der Waals surface area (Å²) in [5.41, 5.74) is 2.71. The van der Waals surface area contributed by atoms with Gasteiger partial charge in [0.05, 0.1) is 0 Å². The molecule has 2 unspecified atom stereocenters. The van der Waals surface area contributed by atoms with Crippen LogP contribution < -0.4 is 5.30 Å². The van der Waals surface area contributed by atoms with Crippen LogP contribution in [0.15, 0.2) is 78.9 Å². The summed E-state index contributed by atoms with van der Waals surface area (Å²) in [6.07, 6.45) is 0. The highest BCUT2D eigenvalue weighted by Crippen LogP contribution is 2.37. The molecule has 4 aromatic rings. The lowest BCUT2D eigenvalue weighted by Gasteiger charge is -2.14. The van der Waals surface area contributed by atoms with Crippen LogP contribution in [0.5, 0.6) is 0 Å². The second-order valence-electron chi connectivity index (χ2n) is 5.38. The van der Waals surface area contributed by atoms with E-state index in [1.165, 1.54) is 38.0 Å². The van der Waals surface area contributed by atoms with Crippen molar-refractivity contribution in [2.45, 2.75) is 0 Å². The minimum Gasteiger partial charge on any atom is -0.110 e. The minimum absolute atomic E-state index is 0.705. The first-order valence-electron chi connectivity index (χ1n) is 7.35. The lowest BCUT2D eigenvalue weighted by molar-refractivity contribution is 1.71. The van der Waals surface area contributed by atoms with Crippen LogP contribution in [0.2, 0.25) is 0 Å². The molecule has 0 amide bonds. The summed E-state index contributed by atoms with van der Waals surface area (Å²) in [6.45, 7) is 0. The largest absolute Gasteiger partial charge is 0.110 e. The summed E-state index contributed by atoms with van der Waals surface area (Å²) >= 11 is 0. The van der Waals surface area contributed by atoms with E-state index in [2.05, 4.69) is 87.8 Å². The zero-order chi connectivity index (χ0) is 14.9. The van der Waals surface area contributed by atoms with Gasteiger partial charge in [0.2, 0.25) is 0 Å². The van der Waals surface area contributed by atoms with E-state index in [0.717, 1.165) is 0 Å². The molecular formula is C20H16P2. The smallest absolute Gasteiger partial charge is 0.00215 e. The normalized spacial score (nSPS) is 11.7. The summed E-state index contributed by atoms with van der Waals surface area (Å²) in [6, 6.07) is 28.4. The number of hydrogen-bond acceptors (Lipinski definition) is 0. The average molecular weight is 318 g/mol. The van der Waals surface area contributed by atoms with E-state index in [4.69, 9.17) is 0 Å². The molecule has 2 atom stereocenters. The van der Waals surface area contributed by atoms with Crippen molar-refractivity contribution in [1.29, 1.82) is 0 Å². The maximum Gasteiger partial charge on any atom is -0.00215 e. The van der Waals surface area contributed by atoms with E-state index in [-0.39, 0.29) is 0 Å². The lowest BCUT2D eigenvalue weighted by Crippen LogP contribution is -1.99. The van der Waals surface area contributed by atoms with Crippen molar-refractivity contribution >= 4 is 44.0 Å². The molecule has 0 spiro atoms. The molecule has 0 heterocycles. The van der Waals surface area contributed by atoms with Gasteiger partial charge in [0, 0.05) is 0 Å². The summed E-state index contributed by atoms with van der Waals surface area (Å²) < 4.78 is 0. The molecule has 0 radical (unpaired) electrons. The Morgan fingerprint density at radius 2 is 1.23 bits per heavy atom. The van der Waals surface area contributed by atoms with Crippen molar-refractivity contribution in [3.63, 3.8) is 0 Å². The molecule has 0 saturated carbocycles. The molecule has 0 aromatic heterocycles. The van der Waals surface area contributed by atoms with Crippen molar-refractivity contribution in [1.82, 2.24) is 0 Å². The third kappa shape index (κ3) is 2.24. The van der Waals surface area contributed by atoms with Gasteiger partial charge in [-0.05, 0) is 38.0 Å². The van der Waals surface area contributed by atoms with Gasteiger partial charge in [-0.15, -0.1) is 8.93 Å². The monoisotopic (exact) mass is 318 g/mol. The first-order valence-corrected chi connectivity index (χ1v) is 10.2. The molecule has 0 aliphatic heterocycles. The molecule has 22 heavy (non-hydrogen) atoms. The van der Waals surface area contributed by atoms with Gasteiger partial charge in [-0.2, -0.15) is 0 Å². The predicted molar refractivity (Wildman–Crippen MR) is 105 cm³/mol. The van der Waals surface area contributed by atoms with E-state index >= 15 is 0 Å². The molecule has 4 rings (SSSR count). The SMILES string of the molecule is PPc1ccc2ccccc2c1-c1cccc2ccccc12. The number of benzene rings is 4. The van der Waals surface area contributed by atoms with Crippen LogP contribution in [0.3, 0.4) is 0 Å². The Morgan fingerprint density at radius 1 is 0.591 bits per heavy atom. The van der Waals surface area contributed by atoms with Crippen molar-refractivity contribution in [3.05, 3.63) is 78.9 Å². The number of fused-ring (bicyclic) bond motifs is 2. The van der Waals surface area contributed by atoms with Crippen LogP contribution >= 0.6 is 17.2 Å². The molecule has 0 fully saturated rings. The highest BCUT2D eigenvalue weighted by atomic mass is 32.0. The third-order valence-corrected chi connectivity index (χ3v) is 5.80. The molecule has 0 saturated heterocycles. The van der Waals surface area contributed by atoms with E-state index in [0.29, 0.717) is 8.27 Å². The standard InChI is InChI=1S/C20H16P2/c21-22-19-13-12-15-7-2-4-10-17(15)20(19)18-11-5-8-14-6-1-3-9-16(14)18/h1-13,22H,21H2. The van der Waals surface area contributed by atoms with Crippen molar-refractivity contribution in [2.24, 2.45) is 0 Å². The molecule has 0 N–H and O–H groups in total. The molecule has 2 heteroatoms. The lowest BCUT2D eigenvalue weighted by atomic mass is 9.94. The van der Waals surface area contributed by atoms with Crippen LogP contribution in [0.1, 0.15) is 0 Å². The summed E-state index contributed by atoms with van der Waals surface area (Å²) in [5.74, 6) is 0. The Kier molecular flexibility index (Phi) is 3.67. The van der Waals surface area contributed by atoms with Gasteiger partial charge in [-0.1, -0.05) is 87.1 Å². The fourth-order valence-corrected chi connectivity index (χ4v) is 4.44. The summed E-state index contributed by atoms with van der Waals surface area (Å²) in [5, 5.41) is 6.67. The zero-order valence-corrected chi connectivity index (χ0v) is 14.2. The maximum atomic E-state index is 2.89. The fourth-order valence-electron chi connectivity index (χ4n) is 3.13. The first-order chi connectivity index (χ1) is 10.9. The predicted octanol–water partition coefficient (Wildman–Crippen LogP) is 5.75. The first kappa shape index (κ1) is 13.9. The fraction of sp³-hybridized carbons (Fsp3) is 0. The maximum absolute atomic E-state index is 2.89. The van der Waals surface area contributed by atoms with Crippen LogP contribution in [0.25, 0.3) is 32.7 Å². The second-order valence-corrected chi connectivity index (χ2v) is 7.07. The minimum atomic E-state index is 0.705. The Labute approximate surface area is 134 Å². The van der Waals surface area contributed by atoms with Crippen LogP contribution in [-0.2, 0) is 0 Å². The third-order valence-electron chi connectivity index (χ3n) is 4.14. The Balaban J connectivity index is 2.16. The molecule has 0 aliphatic carbocycles. The van der Waals surface area contributed by atoms with E-state index < -0.39 is 0 Å². The Bertz CT molecular complexity index is 968. The zero-order valence-electron chi connectivity index (χ0n) is 12.1. The van der Waals surface area contributed by atoms with Gasteiger partial charge >= 0.3 is 0 Å². The van der Waals surface area contributed by atoms with E-state index in [9.17, 15) is 0 Å². The highest BCUT2D eigenvalue weighted by Gasteiger charge is 2.11. The van der Waals surface area contributed by atoms with Crippen molar-refractivity contribution in [2.75, 3.05) is 0 Å². The van der Waals surface area contributed by atoms with Gasteiger partial charge in [0.1, 0.15) is 0 Å². The van der Waals surface area contributed by atoms with Crippen molar-refractivity contribution < 1.29 is 0 Å². The molecule has 0 aliphatic rings. The molecule has 0 bridgehead atoms. The van der Waals surface area contributed by atoms with Gasteiger partial charge in [0.25, 0.3) is 0 Å².